The first-order valence-electron chi connectivity index (χ1n) is 7.09. The minimum Gasteiger partial charge on any atom is -0.374 e. The molecule has 5 heteroatoms. The van der Waals surface area contributed by atoms with Gasteiger partial charge in [0.1, 0.15) is 0 Å². The Morgan fingerprint density at radius 3 is 2.37 bits per heavy atom. The molecular weight excluding hydrogens is 310 g/mol. The van der Waals surface area contributed by atoms with Gasteiger partial charge in [0.25, 0.3) is 0 Å². The number of hydrogen-bond donors (Lipinski definition) is 0. The second-order valence-electron chi connectivity index (χ2n) is 5.90. The van der Waals surface area contributed by atoms with Crippen molar-refractivity contribution in [2.75, 3.05) is 18.4 Å². The summed E-state index contributed by atoms with van der Waals surface area (Å²) in [6.07, 6.45) is 0.371. The lowest BCUT2D eigenvalue weighted by atomic mass is 9.88. The Morgan fingerprint density at radius 2 is 1.84 bits per heavy atom. The van der Waals surface area contributed by atoms with E-state index in [-0.39, 0.29) is 42.2 Å². The van der Waals surface area contributed by atoms with Crippen LogP contribution in [0.15, 0.2) is 0 Å². The van der Waals surface area contributed by atoms with Crippen LogP contribution >= 0.6 is 15.9 Å². The van der Waals surface area contributed by atoms with Crippen LogP contribution in [0.4, 0.5) is 0 Å². The first-order valence-corrected chi connectivity index (χ1v) is 8.21. The first-order chi connectivity index (χ1) is 8.93. The zero-order valence-corrected chi connectivity index (χ0v) is 13.7. The molecule has 1 amide bonds. The van der Waals surface area contributed by atoms with Crippen molar-refractivity contribution in [3.05, 3.63) is 0 Å². The number of ether oxygens (including phenoxy) is 2. The Morgan fingerprint density at radius 1 is 1.16 bits per heavy atom. The lowest BCUT2D eigenvalue weighted by Crippen LogP contribution is -2.52. The summed E-state index contributed by atoms with van der Waals surface area (Å²) in [5.41, 5.74) is 0. The van der Waals surface area contributed by atoms with Crippen LogP contribution in [0.2, 0.25) is 0 Å². The number of rotatable bonds is 2. The molecule has 110 valence electrons. The Bertz CT molecular complexity index is 339. The lowest BCUT2D eigenvalue weighted by molar-refractivity contribution is -0.149. The largest absolute Gasteiger partial charge is 0.374 e. The van der Waals surface area contributed by atoms with Gasteiger partial charge in [-0.3, -0.25) is 4.79 Å². The zero-order valence-electron chi connectivity index (χ0n) is 12.1. The van der Waals surface area contributed by atoms with Crippen molar-refractivity contribution < 1.29 is 14.3 Å². The van der Waals surface area contributed by atoms with Gasteiger partial charge in [-0.05, 0) is 26.7 Å². The van der Waals surface area contributed by atoms with E-state index in [0.717, 1.165) is 5.33 Å². The molecule has 0 saturated carbocycles. The van der Waals surface area contributed by atoms with Gasteiger partial charge in [-0.25, -0.2) is 0 Å². The minimum absolute atomic E-state index is 0.0121. The number of amides is 1. The quantitative estimate of drug-likeness (QED) is 0.726. The van der Waals surface area contributed by atoms with Crippen molar-refractivity contribution in [1.82, 2.24) is 4.90 Å². The lowest BCUT2D eigenvalue weighted by Gasteiger charge is -2.38. The predicted molar refractivity (Wildman–Crippen MR) is 77.4 cm³/mol. The molecule has 19 heavy (non-hydrogen) atoms. The highest BCUT2D eigenvalue weighted by Crippen LogP contribution is 2.34. The van der Waals surface area contributed by atoms with Gasteiger partial charge in [-0.15, -0.1) is 0 Å². The van der Waals surface area contributed by atoms with Crippen LogP contribution in [-0.4, -0.2) is 53.6 Å². The number of halogens is 1. The fraction of sp³-hybridized carbons (Fsp3) is 0.929. The molecule has 0 bridgehead atoms. The average molecular weight is 334 g/mol. The Labute approximate surface area is 123 Å². The summed E-state index contributed by atoms with van der Waals surface area (Å²) in [7, 11) is 0. The van der Waals surface area contributed by atoms with E-state index in [1.54, 1.807) is 0 Å². The molecule has 2 saturated heterocycles. The van der Waals surface area contributed by atoms with Crippen molar-refractivity contribution in [1.29, 1.82) is 0 Å². The third kappa shape index (κ3) is 3.14. The number of nitrogens with zero attached hydrogens (tertiary/aromatic N) is 1. The van der Waals surface area contributed by atoms with Gasteiger partial charge >= 0.3 is 0 Å². The molecule has 6 atom stereocenters. The number of morpholine rings is 1. The average Bonchev–Trinajstić information content (AvgIpc) is 2.61. The summed E-state index contributed by atoms with van der Waals surface area (Å²) >= 11 is 3.44. The summed E-state index contributed by atoms with van der Waals surface area (Å²) in [6.45, 7) is 9.57. The molecule has 2 aliphatic rings. The maximum Gasteiger partial charge on any atom is 0.228 e. The van der Waals surface area contributed by atoms with Gasteiger partial charge in [0, 0.05) is 18.4 Å². The van der Waals surface area contributed by atoms with E-state index in [9.17, 15) is 4.79 Å². The number of alkyl halides is 1. The number of hydrogen-bond acceptors (Lipinski definition) is 3. The third-order valence-electron chi connectivity index (χ3n) is 4.34. The number of carbonyl (C=O) groups excluding carboxylic acids is 1. The molecule has 0 radical (unpaired) electrons. The molecular formula is C14H24BrNO3. The van der Waals surface area contributed by atoms with Gasteiger partial charge in [0.2, 0.25) is 5.91 Å². The Hall–Kier alpha value is -0.130. The Balaban J connectivity index is 2.06. The minimum atomic E-state index is -0.0173. The van der Waals surface area contributed by atoms with E-state index in [0.29, 0.717) is 13.1 Å². The van der Waals surface area contributed by atoms with Gasteiger partial charge in [0.15, 0.2) is 0 Å². The molecule has 0 spiro atoms. The molecule has 2 heterocycles. The molecule has 0 aromatic carbocycles. The molecule has 0 aliphatic carbocycles. The van der Waals surface area contributed by atoms with E-state index < -0.39 is 0 Å². The van der Waals surface area contributed by atoms with Crippen LogP contribution in [-0.2, 0) is 14.3 Å². The third-order valence-corrected chi connectivity index (χ3v) is 5.06. The van der Waals surface area contributed by atoms with Crippen LogP contribution < -0.4 is 0 Å². The van der Waals surface area contributed by atoms with Gasteiger partial charge in [0.05, 0.1) is 30.3 Å². The van der Waals surface area contributed by atoms with E-state index in [4.69, 9.17) is 9.47 Å². The van der Waals surface area contributed by atoms with E-state index in [2.05, 4.69) is 29.8 Å². The van der Waals surface area contributed by atoms with Crippen molar-refractivity contribution in [2.24, 2.45) is 11.8 Å². The molecule has 0 aromatic rings. The van der Waals surface area contributed by atoms with Crippen molar-refractivity contribution in [3.8, 4) is 0 Å². The van der Waals surface area contributed by atoms with Gasteiger partial charge < -0.3 is 14.4 Å². The molecule has 6 unspecified atom stereocenters. The highest BCUT2D eigenvalue weighted by molar-refractivity contribution is 9.09. The normalized spacial score (nSPS) is 43.5. The summed E-state index contributed by atoms with van der Waals surface area (Å²) in [5, 5.41) is 0.768. The summed E-state index contributed by atoms with van der Waals surface area (Å²) < 4.78 is 11.6. The topological polar surface area (TPSA) is 38.8 Å². The Kier molecular flexibility index (Phi) is 4.90. The highest BCUT2D eigenvalue weighted by atomic mass is 79.9. The summed E-state index contributed by atoms with van der Waals surface area (Å²) in [6, 6.07) is 0. The van der Waals surface area contributed by atoms with Crippen LogP contribution in [0.1, 0.15) is 27.7 Å². The van der Waals surface area contributed by atoms with Crippen LogP contribution in [0.5, 0.6) is 0 Å². The van der Waals surface area contributed by atoms with E-state index in [1.807, 2.05) is 18.7 Å². The van der Waals surface area contributed by atoms with Crippen molar-refractivity contribution in [2.45, 2.75) is 52.1 Å². The fourth-order valence-corrected chi connectivity index (χ4v) is 3.57. The van der Waals surface area contributed by atoms with Crippen molar-refractivity contribution in [3.63, 3.8) is 0 Å². The monoisotopic (exact) mass is 333 g/mol. The highest BCUT2D eigenvalue weighted by Gasteiger charge is 2.44. The standard InChI is InChI=1S/C14H24BrNO3/c1-8-6-16(7-12(5-15)18-8)14(17)13-9(2)10(3)19-11(13)4/h8-13H,5-7H2,1-4H3. The fourth-order valence-electron chi connectivity index (χ4n) is 3.21. The van der Waals surface area contributed by atoms with Crippen LogP contribution in [0.25, 0.3) is 0 Å². The van der Waals surface area contributed by atoms with Gasteiger partial charge in [-0.1, -0.05) is 22.9 Å². The van der Waals surface area contributed by atoms with E-state index >= 15 is 0 Å². The molecule has 0 N–H and O–H groups in total. The molecule has 2 rings (SSSR count). The van der Waals surface area contributed by atoms with E-state index in [1.165, 1.54) is 0 Å². The van der Waals surface area contributed by atoms with Crippen LogP contribution in [0.3, 0.4) is 0 Å². The van der Waals surface area contributed by atoms with Crippen molar-refractivity contribution >= 4 is 21.8 Å². The molecule has 4 nitrogen and oxygen atoms in total. The smallest absolute Gasteiger partial charge is 0.228 e. The molecule has 0 aromatic heterocycles. The molecule has 2 aliphatic heterocycles. The predicted octanol–water partition coefficient (Wildman–Crippen LogP) is 2.06. The van der Waals surface area contributed by atoms with Crippen LogP contribution in [0, 0.1) is 11.8 Å². The second kappa shape index (κ2) is 6.10. The second-order valence-corrected chi connectivity index (χ2v) is 6.54. The number of carbonyl (C=O) groups is 1. The SMILES string of the molecule is CC1CN(C(=O)C2C(C)OC(C)C2C)CC(CBr)O1. The zero-order chi connectivity index (χ0) is 14.2. The maximum atomic E-state index is 12.7. The van der Waals surface area contributed by atoms with Gasteiger partial charge in [-0.2, -0.15) is 0 Å². The summed E-state index contributed by atoms with van der Waals surface area (Å²) in [4.78, 5) is 14.7. The maximum absolute atomic E-state index is 12.7. The summed E-state index contributed by atoms with van der Waals surface area (Å²) in [5.74, 6) is 0.491. The molecule has 2 fully saturated rings. The first kappa shape index (κ1) is 15.3.